The van der Waals surface area contributed by atoms with Crippen molar-refractivity contribution in [2.45, 2.75) is 6.92 Å². The van der Waals surface area contributed by atoms with Crippen molar-refractivity contribution in [1.29, 1.82) is 0 Å². The predicted molar refractivity (Wildman–Crippen MR) is 90.7 cm³/mol. The average molecular weight is 357 g/mol. The highest BCUT2D eigenvalue weighted by atomic mass is 35.5. The molecule has 1 aromatic carbocycles. The molecule has 2 amide bonds. The lowest BCUT2D eigenvalue weighted by atomic mass is 10.2. The Morgan fingerprint density at radius 3 is 2.48 bits per heavy atom. The number of nitrogens with zero attached hydrogens (tertiary/aromatic N) is 2. The van der Waals surface area contributed by atoms with Gasteiger partial charge in [-0.1, -0.05) is 35.3 Å². The first kappa shape index (κ1) is 17.6. The van der Waals surface area contributed by atoms with Crippen molar-refractivity contribution in [3.8, 4) is 0 Å². The normalized spacial score (nSPS) is 15.1. The van der Waals surface area contributed by atoms with Gasteiger partial charge in [-0.3, -0.25) is 4.79 Å². The molecule has 0 bridgehead atoms. The summed E-state index contributed by atoms with van der Waals surface area (Å²) in [6, 6.07) is 5.25. The van der Waals surface area contributed by atoms with E-state index in [1.807, 2.05) is 0 Å². The van der Waals surface area contributed by atoms with Gasteiger partial charge < -0.3 is 14.5 Å². The Labute approximate surface area is 145 Å². The quantitative estimate of drug-likeness (QED) is 0.780. The lowest BCUT2D eigenvalue weighted by Crippen LogP contribution is -2.50. The van der Waals surface area contributed by atoms with Crippen molar-refractivity contribution in [2.75, 3.05) is 32.8 Å². The van der Waals surface area contributed by atoms with Crippen molar-refractivity contribution in [1.82, 2.24) is 9.80 Å². The van der Waals surface area contributed by atoms with Gasteiger partial charge in [0, 0.05) is 32.3 Å². The SMILES string of the molecule is CCOC(=O)N1CCN(C(=O)C=Cc2cccc(Cl)c2Cl)CC1. The Kier molecular flexibility index (Phi) is 6.30. The number of halogens is 2. The van der Waals surface area contributed by atoms with E-state index in [0.717, 1.165) is 0 Å². The maximum Gasteiger partial charge on any atom is 0.409 e. The van der Waals surface area contributed by atoms with Crippen LogP contribution in [0.3, 0.4) is 0 Å². The summed E-state index contributed by atoms with van der Waals surface area (Å²) in [5, 5.41) is 0.870. The van der Waals surface area contributed by atoms with E-state index >= 15 is 0 Å². The van der Waals surface area contributed by atoms with Crippen LogP contribution in [0, 0.1) is 0 Å². The first-order valence-electron chi connectivity index (χ1n) is 7.35. The Hall–Kier alpha value is -1.72. The summed E-state index contributed by atoms with van der Waals surface area (Å²) in [5.74, 6) is -0.121. The van der Waals surface area contributed by atoms with Crippen molar-refractivity contribution in [2.24, 2.45) is 0 Å². The predicted octanol–water partition coefficient (Wildman–Crippen LogP) is 3.31. The number of carbonyl (C=O) groups excluding carboxylic acids is 2. The molecule has 0 saturated carbocycles. The molecule has 1 aliphatic heterocycles. The number of hydrogen-bond donors (Lipinski definition) is 0. The van der Waals surface area contributed by atoms with Gasteiger partial charge in [0.05, 0.1) is 16.7 Å². The van der Waals surface area contributed by atoms with Gasteiger partial charge in [-0.2, -0.15) is 0 Å². The molecule has 1 saturated heterocycles. The minimum absolute atomic E-state index is 0.121. The minimum Gasteiger partial charge on any atom is -0.450 e. The summed E-state index contributed by atoms with van der Waals surface area (Å²) >= 11 is 12.0. The molecule has 0 N–H and O–H groups in total. The van der Waals surface area contributed by atoms with E-state index in [1.54, 1.807) is 41.0 Å². The zero-order chi connectivity index (χ0) is 16.8. The van der Waals surface area contributed by atoms with Crippen molar-refractivity contribution in [3.63, 3.8) is 0 Å². The molecule has 1 aliphatic rings. The molecule has 124 valence electrons. The monoisotopic (exact) mass is 356 g/mol. The lowest BCUT2D eigenvalue weighted by molar-refractivity contribution is -0.127. The largest absolute Gasteiger partial charge is 0.450 e. The van der Waals surface area contributed by atoms with Gasteiger partial charge in [0.1, 0.15) is 0 Å². The minimum atomic E-state index is -0.333. The van der Waals surface area contributed by atoms with Crippen molar-refractivity contribution >= 4 is 41.3 Å². The highest BCUT2D eigenvalue weighted by Crippen LogP contribution is 2.26. The average Bonchev–Trinajstić information content (AvgIpc) is 2.56. The Bertz CT molecular complexity index is 611. The number of ether oxygens (including phenoxy) is 1. The van der Waals surface area contributed by atoms with E-state index in [0.29, 0.717) is 48.4 Å². The van der Waals surface area contributed by atoms with Crippen LogP contribution in [0.4, 0.5) is 4.79 Å². The number of hydrogen-bond acceptors (Lipinski definition) is 3. The summed E-state index contributed by atoms with van der Waals surface area (Å²) < 4.78 is 4.95. The molecule has 7 heteroatoms. The highest BCUT2D eigenvalue weighted by molar-refractivity contribution is 6.42. The smallest absolute Gasteiger partial charge is 0.409 e. The molecule has 0 aliphatic carbocycles. The van der Waals surface area contributed by atoms with Crippen molar-refractivity contribution < 1.29 is 14.3 Å². The third-order valence-electron chi connectivity index (χ3n) is 3.50. The summed E-state index contributed by atoms with van der Waals surface area (Å²) in [5.41, 5.74) is 0.692. The van der Waals surface area contributed by atoms with Gasteiger partial charge in [0.25, 0.3) is 0 Å². The Morgan fingerprint density at radius 2 is 1.83 bits per heavy atom. The van der Waals surface area contributed by atoms with Crippen LogP contribution < -0.4 is 0 Å². The maximum atomic E-state index is 12.2. The molecule has 1 heterocycles. The van der Waals surface area contributed by atoms with Crippen LogP contribution >= 0.6 is 23.2 Å². The van der Waals surface area contributed by atoms with Crippen LogP contribution in [0.1, 0.15) is 12.5 Å². The van der Waals surface area contributed by atoms with Crippen LogP contribution in [0.2, 0.25) is 10.0 Å². The number of piperazine rings is 1. The number of amides is 2. The molecule has 0 unspecified atom stereocenters. The Morgan fingerprint density at radius 1 is 1.17 bits per heavy atom. The fourth-order valence-corrected chi connectivity index (χ4v) is 2.61. The lowest BCUT2D eigenvalue weighted by Gasteiger charge is -2.33. The van der Waals surface area contributed by atoms with Crippen LogP contribution in [0.5, 0.6) is 0 Å². The molecule has 5 nitrogen and oxygen atoms in total. The van der Waals surface area contributed by atoms with E-state index in [4.69, 9.17) is 27.9 Å². The number of benzene rings is 1. The van der Waals surface area contributed by atoms with Gasteiger partial charge in [-0.15, -0.1) is 0 Å². The van der Waals surface area contributed by atoms with E-state index in [9.17, 15) is 9.59 Å². The topological polar surface area (TPSA) is 49.9 Å². The zero-order valence-electron chi connectivity index (χ0n) is 12.8. The number of rotatable bonds is 3. The third kappa shape index (κ3) is 4.62. The maximum absolute atomic E-state index is 12.2. The van der Waals surface area contributed by atoms with E-state index in [2.05, 4.69) is 0 Å². The van der Waals surface area contributed by atoms with Crippen LogP contribution in [-0.2, 0) is 9.53 Å². The zero-order valence-corrected chi connectivity index (χ0v) is 14.3. The second-order valence-electron chi connectivity index (χ2n) is 4.99. The Balaban J connectivity index is 1.91. The fourth-order valence-electron chi connectivity index (χ4n) is 2.24. The number of carbonyl (C=O) groups is 2. The first-order chi connectivity index (χ1) is 11.0. The second-order valence-corrected chi connectivity index (χ2v) is 5.77. The second kappa shape index (κ2) is 8.22. The van der Waals surface area contributed by atoms with Crippen molar-refractivity contribution in [3.05, 3.63) is 39.9 Å². The molecule has 23 heavy (non-hydrogen) atoms. The van der Waals surface area contributed by atoms with Crippen LogP contribution in [0.15, 0.2) is 24.3 Å². The van der Waals surface area contributed by atoms with Gasteiger partial charge in [0.2, 0.25) is 5.91 Å². The molecule has 0 spiro atoms. The third-order valence-corrected chi connectivity index (χ3v) is 4.34. The molecule has 0 radical (unpaired) electrons. The fraction of sp³-hybridized carbons (Fsp3) is 0.375. The van der Waals surface area contributed by atoms with Gasteiger partial charge >= 0.3 is 6.09 Å². The van der Waals surface area contributed by atoms with E-state index in [1.165, 1.54) is 6.08 Å². The summed E-state index contributed by atoms with van der Waals surface area (Å²) in [6.07, 6.45) is 2.78. The van der Waals surface area contributed by atoms with Crippen LogP contribution in [0.25, 0.3) is 6.08 Å². The summed E-state index contributed by atoms with van der Waals surface area (Å²) in [6.45, 7) is 4.01. The summed E-state index contributed by atoms with van der Waals surface area (Å²) in [7, 11) is 0. The standard InChI is InChI=1S/C16H18Cl2N2O3/c1-2-23-16(22)20-10-8-19(9-11-20)14(21)7-6-12-4-3-5-13(17)15(12)18/h3-7H,2,8-11H2,1H3. The van der Waals surface area contributed by atoms with Gasteiger partial charge in [-0.25, -0.2) is 4.79 Å². The van der Waals surface area contributed by atoms with E-state index in [-0.39, 0.29) is 12.0 Å². The van der Waals surface area contributed by atoms with Gasteiger partial charge in [0.15, 0.2) is 0 Å². The molecular formula is C16H18Cl2N2O3. The van der Waals surface area contributed by atoms with Gasteiger partial charge in [-0.05, 0) is 24.6 Å². The molecule has 0 aromatic heterocycles. The summed E-state index contributed by atoms with van der Waals surface area (Å²) in [4.78, 5) is 27.1. The first-order valence-corrected chi connectivity index (χ1v) is 8.11. The molecule has 2 rings (SSSR count). The van der Waals surface area contributed by atoms with Crippen LogP contribution in [-0.4, -0.2) is 54.6 Å². The molecule has 0 atom stereocenters. The van der Waals surface area contributed by atoms with E-state index < -0.39 is 0 Å². The molecule has 1 aromatic rings. The highest BCUT2D eigenvalue weighted by Gasteiger charge is 2.23. The molecule has 1 fully saturated rings. The molecular weight excluding hydrogens is 339 g/mol.